The lowest BCUT2D eigenvalue weighted by molar-refractivity contribution is -0.186. The molecule has 0 amide bonds. The van der Waals surface area contributed by atoms with Crippen LogP contribution in [0.4, 0.5) is 0 Å². The van der Waals surface area contributed by atoms with Gasteiger partial charge in [0.1, 0.15) is 11.5 Å². The second-order valence-corrected chi connectivity index (χ2v) is 5.14. The van der Waals surface area contributed by atoms with Crippen LogP contribution in [0.2, 0.25) is 0 Å². The first kappa shape index (κ1) is 14.9. The lowest BCUT2D eigenvalue weighted by atomic mass is 9.90. The molecule has 1 aliphatic rings. The number of fused-ring (bicyclic) bond motifs is 1. The van der Waals surface area contributed by atoms with E-state index in [9.17, 15) is 35.4 Å². The van der Waals surface area contributed by atoms with E-state index in [1.54, 1.807) is 0 Å². The van der Waals surface area contributed by atoms with E-state index in [4.69, 9.17) is 4.74 Å². The van der Waals surface area contributed by atoms with Crippen LogP contribution in [-0.2, 0) is 0 Å². The first-order valence-corrected chi connectivity index (χ1v) is 6.46. The molecule has 1 unspecified atom stereocenters. The Kier molecular flexibility index (Phi) is 3.10. The third kappa shape index (κ3) is 2.20. The van der Waals surface area contributed by atoms with Crippen molar-refractivity contribution in [2.75, 3.05) is 0 Å². The number of hydrogen-bond donors (Lipinski definition) is 6. The molecule has 6 N–H and O–H groups in total. The first-order valence-electron chi connectivity index (χ1n) is 6.46. The van der Waals surface area contributed by atoms with Gasteiger partial charge in [0.2, 0.25) is 5.78 Å². The highest BCUT2D eigenvalue weighted by Crippen LogP contribution is 2.44. The second kappa shape index (κ2) is 4.77. The van der Waals surface area contributed by atoms with Gasteiger partial charge in [-0.3, -0.25) is 4.79 Å². The molecular weight excluding hydrogens is 308 g/mol. The van der Waals surface area contributed by atoms with Gasteiger partial charge >= 0.3 is 0 Å². The van der Waals surface area contributed by atoms with Gasteiger partial charge < -0.3 is 35.4 Å². The van der Waals surface area contributed by atoms with Crippen LogP contribution in [-0.4, -0.2) is 42.2 Å². The lowest BCUT2D eigenvalue weighted by Crippen LogP contribution is -2.49. The van der Waals surface area contributed by atoms with Crippen molar-refractivity contribution >= 4 is 5.78 Å². The molecule has 120 valence electrons. The fourth-order valence-electron chi connectivity index (χ4n) is 2.40. The van der Waals surface area contributed by atoms with Crippen molar-refractivity contribution < 1.29 is 40.2 Å². The Balaban J connectivity index is 2.15. The summed E-state index contributed by atoms with van der Waals surface area (Å²) in [5.74, 6) is -6.59. The van der Waals surface area contributed by atoms with Gasteiger partial charge in [0.05, 0.1) is 5.56 Å². The quantitative estimate of drug-likeness (QED) is 0.329. The van der Waals surface area contributed by atoms with Crippen LogP contribution in [0.3, 0.4) is 0 Å². The zero-order chi connectivity index (χ0) is 16.9. The first-order chi connectivity index (χ1) is 10.7. The fourth-order valence-corrected chi connectivity index (χ4v) is 2.40. The molecule has 0 saturated heterocycles. The second-order valence-electron chi connectivity index (χ2n) is 5.14. The number of phenols is 4. The smallest absolute Gasteiger partial charge is 0.271 e. The largest absolute Gasteiger partial charge is 0.508 e. The van der Waals surface area contributed by atoms with Crippen LogP contribution in [0.5, 0.6) is 28.7 Å². The highest BCUT2D eigenvalue weighted by molar-refractivity contribution is 6.05. The molecule has 1 heterocycles. The molecule has 0 aliphatic carbocycles. The van der Waals surface area contributed by atoms with Gasteiger partial charge in [0.25, 0.3) is 5.79 Å². The van der Waals surface area contributed by atoms with Crippen LogP contribution in [0.25, 0.3) is 0 Å². The van der Waals surface area contributed by atoms with E-state index in [0.29, 0.717) is 0 Å². The van der Waals surface area contributed by atoms with Gasteiger partial charge in [0, 0.05) is 11.6 Å². The van der Waals surface area contributed by atoms with Crippen molar-refractivity contribution in [3.05, 3.63) is 41.5 Å². The molecule has 2 aromatic rings. The standard InChI is InChI=1S/C15H12O8/c16-7-1-2-8-11(5-7)23-14(15(21,22)13(8)20)6-3-9(17)12(19)10(18)4-6/h1-5,14,16-19,21-22H. The summed E-state index contributed by atoms with van der Waals surface area (Å²) < 4.78 is 5.35. The number of aromatic hydroxyl groups is 4. The zero-order valence-electron chi connectivity index (χ0n) is 11.5. The number of Topliss-reactive ketones (excluding diaryl/α,β-unsaturated/α-hetero) is 1. The van der Waals surface area contributed by atoms with Gasteiger partial charge in [-0.15, -0.1) is 0 Å². The monoisotopic (exact) mass is 320 g/mol. The Morgan fingerprint density at radius 3 is 2.17 bits per heavy atom. The number of aliphatic hydroxyl groups is 2. The van der Waals surface area contributed by atoms with E-state index in [1.807, 2.05) is 0 Å². The summed E-state index contributed by atoms with van der Waals surface area (Å²) >= 11 is 0. The number of benzene rings is 2. The van der Waals surface area contributed by atoms with E-state index in [1.165, 1.54) is 12.1 Å². The predicted octanol–water partition coefficient (Wildman–Crippen LogP) is 0.506. The Hall–Kier alpha value is -2.97. The number of hydrogen-bond acceptors (Lipinski definition) is 8. The molecule has 1 atom stereocenters. The van der Waals surface area contributed by atoms with Gasteiger partial charge in [-0.05, 0) is 24.3 Å². The third-order valence-electron chi connectivity index (χ3n) is 3.55. The lowest BCUT2D eigenvalue weighted by Gasteiger charge is -2.35. The summed E-state index contributed by atoms with van der Waals surface area (Å²) in [5, 5.41) is 58.1. The number of rotatable bonds is 1. The van der Waals surface area contributed by atoms with Crippen LogP contribution in [0.1, 0.15) is 22.0 Å². The predicted molar refractivity (Wildman–Crippen MR) is 74.4 cm³/mol. The molecule has 0 aromatic heterocycles. The summed E-state index contributed by atoms with van der Waals surface area (Å²) in [7, 11) is 0. The maximum absolute atomic E-state index is 12.2. The minimum absolute atomic E-state index is 0.0919. The topological polar surface area (TPSA) is 148 Å². The Bertz CT molecular complexity index is 788. The molecule has 23 heavy (non-hydrogen) atoms. The van der Waals surface area contributed by atoms with Crippen molar-refractivity contribution in [2.45, 2.75) is 11.9 Å². The molecule has 0 bridgehead atoms. The fraction of sp³-hybridized carbons (Fsp3) is 0.133. The van der Waals surface area contributed by atoms with Crippen LogP contribution in [0.15, 0.2) is 30.3 Å². The van der Waals surface area contributed by atoms with E-state index in [0.717, 1.165) is 18.2 Å². The minimum Gasteiger partial charge on any atom is -0.508 e. The normalized spacial score (nSPS) is 19.0. The maximum Gasteiger partial charge on any atom is 0.271 e. The van der Waals surface area contributed by atoms with Gasteiger partial charge in [-0.1, -0.05) is 0 Å². The van der Waals surface area contributed by atoms with Crippen molar-refractivity contribution in [1.29, 1.82) is 0 Å². The highest BCUT2D eigenvalue weighted by Gasteiger charge is 2.50. The van der Waals surface area contributed by atoms with Crippen LogP contribution in [0, 0.1) is 0 Å². The maximum atomic E-state index is 12.2. The Morgan fingerprint density at radius 1 is 0.957 bits per heavy atom. The Morgan fingerprint density at radius 2 is 1.57 bits per heavy atom. The van der Waals surface area contributed by atoms with Crippen molar-refractivity contribution in [3.8, 4) is 28.7 Å². The number of carbonyl (C=O) groups excluding carboxylic acids is 1. The molecule has 3 rings (SSSR count). The highest BCUT2D eigenvalue weighted by atomic mass is 16.6. The summed E-state index contributed by atoms with van der Waals surface area (Å²) in [5.41, 5.74) is -0.304. The van der Waals surface area contributed by atoms with Crippen molar-refractivity contribution in [1.82, 2.24) is 0 Å². The van der Waals surface area contributed by atoms with Crippen LogP contribution >= 0.6 is 0 Å². The molecule has 2 aromatic carbocycles. The zero-order valence-corrected chi connectivity index (χ0v) is 11.5. The number of carbonyl (C=O) groups is 1. The van der Waals surface area contributed by atoms with E-state index in [2.05, 4.69) is 0 Å². The minimum atomic E-state index is -2.97. The van der Waals surface area contributed by atoms with Gasteiger partial charge in [-0.25, -0.2) is 0 Å². The molecule has 8 nitrogen and oxygen atoms in total. The number of ketones is 1. The molecular formula is C15H12O8. The van der Waals surface area contributed by atoms with Crippen molar-refractivity contribution in [3.63, 3.8) is 0 Å². The average molecular weight is 320 g/mol. The summed E-state index contributed by atoms with van der Waals surface area (Å²) in [6, 6.07) is 5.32. The summed E-state index contributed by atoms with van der Waals surface area (Å²) in [6.07, 6.45) is -1.69. The van der Waals surface area contributed by atoms with Crippen molar-refractivity contribution in [2.24, 2.45) is 0 Å². The molecule has 0 fully saturated rings. The third-order valence-corrected chi connectivity index (χ3v) is 3.55. The van der Waals surface area contributed by atoms with Crippen LogP contribution < -0.4 is 4.74 Å². The SMILES string of the molecule is O=C1c2ccc(O)cc2OC(c2cc(O)c(O)c(O)c2)C1(O)O. The number of phenolic OH excluding ortho intramolecular Hbond substituents is 4. The molecule has 0 spiro atoms. The summed E-state index contributed by atoms with van der Waals surface area (Å²) in [4.78, 5) is 12.2. The van der Waals surface area contributed by atoms with Gasteiger partial charge in [-0.2, -0.15) is 0 Å². The van der Waals surface area contributed by atoms with E-state index in [-0.39, 0.29) is 22.6 Å². The summed E-state index contributed by atoms with van der Waals surface area (Å²) in [6.45, 7) is 0. The van der Waals surface area contributed by atoms with Gasteiger partial charge in [0.15, 0.2) is 23.4 Å². The number of ether oxygens (including phenoxy) is 1. The van der Waals surface area contributed by atoms with E-state index < -0.39 is 34.9 Å². The average Bonchev–Trinajstić information content (AvgIpc) is 2.48. The molecule has 8 heteroatoms. The molecule has 0 saturated carbocycles. The van der Waals surface area contributed by atoms with E-state index >= 15 is 0 Å². The molecule has 1 aliphatic heterocycles. The Labute approximate surface area is 129 Å². The molecule has 0 radical (unpaired) electrons.